The summed E-state index contributed by atoms with van der Waals surface area (Å²) in [5.74, 6) is 1.28. The van der Waals surface area contributed by atoms with E-state index in [-0.39, 0.29) is 5.97 Å². The third-order valence-corrected chi connectivity index (χ3v) is 2.97. The summed E-state index contributed by atoms with van der Waals surface area (Å²) in [7, 11) is 0. The Morgan fingerprint density at radius 3 is 2.12 bits per heavy atom. The van der Waals surface area contributed by atoms with Gasteiger partial charge in [0.25, 0.3) is 0 Å². The van der Waals surface area contributed by atoms with E-state index in [0.29, 0.717) is 17.6 Å². The lowest BCUT2D eigenvalue weighted by atomic mass is 9.89. The van der Waals surface area contributed by atoms with Gasteiger partial charge in [-0.2, -0.15) is 0 Å². The Morgan fingerprint density at radius 2 is 1.71 bits per heavy atom. The van der Waals surface area contributed by atoms with Crippen LogP contribution in [0.3, 0.4) is 0 Å². The molecule has 0 unspecified atom stereocenters. The first-order chi connectivity index (χ1) is 7.84. The largest absolute Gasteiger partial charge is 0.426 e. The molecule has 0 atom stereocenters. The van der Waals surface area contributed by atoms with E-state index >= 15 is 0 Å². The smallest absolute Gasteiger partial charge is 0.308 e. The Bertz CT molecular complexity index is 417. The second-order valence-electron chi connectivity index (χ2n) is 5.09. The van der Waals surface area contributed by atoms with Gasteiger partial charge < -0.3 is 4.74 Å². The fourth-order valence-corrected chi connectivity index (χ4v) is 2.31. The standard InChI is InChI=1S/C15H22O2/c1-9(2)13-7-8-14(17-12(6)16)15(10(3)4)11(13)5/h7-10H,1-6H3. The Balaban J connectivity index is 3.34. The van der Waals surface area contributed by atoms with Crippen molar-refractivity contribution in [3.8, 4) is 5.75 Å². The first-order valence-electron chi connectivity index (χ1n) is 6.16. The third kappa shape index (κ3) is 3.09. The molecule has 0 saturated carbocycles. The minimum Gasteiger partial charge on any atom is -0.426 e. The molecule has 0 saturated heterocycles. The van der Waals surface area contributed by atoms with Gasteiger partial charge in [0.15, 0.2) is 0 Å². The highest BCUT2D eigenvalue weighted by Crippen LogP contribution is 2.34. The zero-order valence-electron chi connectivity index (χ0n) is 11.6. The molecule has 0 spiro atoms. The zero-order valence-corrected chi connectivity index (χ0v) is 11.6. The van der Waals surface area contributed by atoms with Crippen molar-refractivity contribution in [2.75, 3.05) is 0 Å². The van der Waals surface area contributed by atoms with Crippen LogP contribution in [0.2, 0.25) is 0 Å². The number of hydrogen-bond donors (Lipinski definition) is 0. The van der Waals surface area contributed by atoms with Crippen molar-refractivity contribution in [3.63, 3.8) is 0 Å². The molecule has 0 aromatic heterocycles. The average molecular weight is 234 g/mol. The van der Waals surface area contributed by atoms with Gasteiger partial charge in [-0.25, -0.2) is 0 Å². The minimum absolute atomic E-state index is 0.261. The van der Waals surface area contributed by atoms with Crippen molar-refractivity contribution >= 4 is 5.97 Å². The second-order valence-corrected chi connectivity index (χ2v) is 5.09. The van der Waals surface area contributed by atoms with Gasteiger partial charge in [0.2, 0.25) is 0 Å². The summed E-state index contributed by atoms with van der Waals surface area (Å²) in [4.78, 5) is 11.1. The van der Waals surface area contributed by atoms with Crippen LogP contribution in [0, 0.1) is 6.92 Å². The molecule has 0 amide bonds. The molecule has 0 aliphatic rings. The quantitative estimate of drug-likeness (QED) is 0.579. The molecule has 0 radical (unpaired) electrons. The molecule has 1 aromatic rings. The van der Waals surface area contributed by atoms with Crippen molar-refractivity contribution in [3.05, 3.63) is 28.8 Å². The van der Waals surface area contributed by atoms with Crippen molar-refractivity contribution in [2.24, 2.45) is 0 Å². The molecule has 17 heavy (non-hydrogen) atoms. The summed E-state index contributed by atoms with van der Waals surface area (Å²) in [6.45, 7) is 12.2. The maximum Gasteiger partial charge on any atom is 0.308 e. The highest BCUT2D eigenvalue weighted by atomic mass is 16.5. The number of carbonyl (C=O) groups excluding carboxylic acids is 1. The summed E-state index contributed by atoms with van der Waals surface area (Å²) in [5.41, 5.74) is 3.71. The van der Waals surface area contributed by atoms with Crippen molar-refractivity contribution in [1.29, 1.82) is 0 Å². The Hall–Kier alpha value is -1.31. The highest BCUT2D eigenvalue weighted by molar-refractivity contribution is 5.70. The molecule has 0 aliphatic heterocycles. The topological polar surface area (TPSA) is 26.3 Å². The molecule has 0 bridgehead atoms. The van der Waals surface area contributed by atoms with E-state index in [1.165, 1.54) is 18.1 Å². The Kier molecular flexibility index (Phi) is 4.33. The van der Waals surface area contributed by atoms with Gasteiger partial charge in [0, 0.05) is 12.5 Å². The predicted octanol–water partition coefficient (Wildman–Crippen LogP) is 4.17. The van der Waals surface area contributed by atoms with E-state index in [9.17, 15) is 4.79 Å². The Morgan fingerprint density at radius 1 is 1.12 bits per heavy atom. The zero-order chi connectivity index (χ0) is 13.2. The molecular formula is C15H22O2. The number of hydrogen-bond acceptors (Lipinski definition) is 2. The molecule has 0 N–H and O–H groups in total. The third-order valence-electron chi connectivity index (χ3n) is 2.97. The maximum absolute atomic E-state index is 11.1. The molecule has 94 valence electrons. The van der Waals surface area contributed by atoms with Crippen LogP contribution in [-0.2, 0) is 4.79 Å². The molecule has 2 heteroatoms. The number of carbonyl (C=O) groups is 1. The van der Waals surface area contributed by atoms with Crippen LogP contribution in [0.5, 0.6) is 5.75 Å². The van der Waals surface area contributed by atoms with Crippen molar-refractivity contribution < 1.29 is 9.53 Å². The Labute approximate surface area is 104 Å². The fraction of sp³-hybridized carbons (Fsp3) is 0.533. The summed E-state index contributed by atoms with van der Waals surface area (Å²) in [5, 5.41) is 0. The van der Waals surface area contributed by atoms with E-state index in [4.69, 9.17) is 4.74 Å². The monoisotopic (exact) mass is 234 g/mol. The maximum atomic E-state index is 11.1. The molecule has 0 fully saturated rings. The molecule has 0 heterocycles. The lowest BCUT2D eigenvalue weighted by Gasteiger charge is -2.19. The molecule has 2 nitrogen and oxygen atoms in total. The van der Waals surface area contributed by atoms with Crippen LogP contribution in [0.25, 0.3) is 0 Å². The van der Waals surface area contributed by atoms with E-state index in [1.54, 1.807) is 0 Å². The molecule has 1 aromatic carbocycles. The van der Waals surface area contributed by atoms with E-state index in [1.807, 2.05) is 6.07 Å². The fourth-order valence-electron chi connectivity index (χ4n) is 2.31. The second kappa shape index (κ2) is 5.35. The average Bonchev–Trinajstić information content (AvgIpc) is 2.15. The van der Waals surface area contributed by atoms with Crippen LogP contribution >= 0.6 is 0 Å². The lowest BCUT2D eigenvalue weighted by molar-refractivity contribution is -0.131. The minimum atomic E-state index is -0.261. The van der Waals surface area contributed by atoms with Gasteiger partial charge in [-0.3, -0.25) is 4.79 Å². The molecular weight excluding hydrogens is 212 g/mol. The van der Waals surface area contributed by atoms with E-state index in [2.05, 4.69) is 40.7 Å². The van der Waals surface area contributed by atoms with Gasteiger partial charge in [-0.15, -0.1) is 0 Å². The number of esters is 1. The van der Waals surface area contributed by atoms with Crippen LogP contribution in [-0.4, -0.2) is 5.97 Å². The van der Waals surface area contributed by atoms with Gasteiger partial charge >= 0.3 is 5.97 Å². The number of ether oxygens (including phenoxy) is 1. The van der Waals surface area contributed by atoms with Crippen LogP contribution < -0.4 is 4.74 Å². The summed E-state index contributed by atoms with van der Waals surface area (Å²) in [6, 6.07) is 3.98. The number of benzene rings is 1. The predicted molar refractivity (Wildman–Crippen MR) is 70.7 cm³/mol. The normalized spacial score (nSPS) is 11.1. The van der Waals surface area contributed by atoms with Gasteiger partial charge in [-0.05, 0) is 36.0 Å². The first kappa shape index (κ1) is 13.8. The van der Waals surface area contributed by atoms with E-state index in [0.717, 1.165) is 5.56 Å². The van der Waals surface area contributed by atoms with Crippen molar-refractivity contribution in [2.45, 2.75) is 53.4 Å². The summed E-state index contributed by atoms with van der Waals surface area (Å²) >= 11 is 0. The van der Waals surface area contributed by atoms with Gasteiger partial charge in [0.05, 0.1) is 0 Å². The van der Waals surface area contributed by atoms with Crippen LogP contribution in [0.1, 0.15) is 63.1 Å². The molecule has 1 rings (SSSR count). The van der Waals surface area contributed by atoms with Gasteiger partial charge in [0.1, 0.15) is 5.75 Å². The number of rotatable bonds is 3. The summed E-state index contributed by atoms with van der Waals surface area (Å²) < 4.78 is 5.28. The first-order valence-corrected chi connectivity index (χ1v) is 6.16. The van der Waals surface area contributed by atoms with Crippen LogP contribution in [0.4, 0.5) is 0 Å². The summed E-state index contributed by atoms with van der Waals surface area (Å²) in [6.07, 6.45) is 0. The van der Waals surface area contributed by atoms with E-state index < -0.39 is 0 Å². The molecule has 0 aliphatic carbocycles. The van der Waals surface area contributed by atoms with Crippen LogP contribution in [0.15, 0.2) is 12.1 Å². The SMILES string of the molecule is CC(=O)Oc1ccc(C(C)C)c(C)c1C(C)C. The van der Waals surface area contributed by atoms with Gasteiger partial charge in [-0.1, -0.05) is 33.8 Å². The lowest BCUT2D eigenvalue weighted by Crippen LogP contribution is -2.08. The highest BCUT2D eigenvalue weighted by Gasteiger charge is 2.16. The van der Waals surface area contributed by atoms with Crippen molar-refractivity contribution in [1.82, 2.24) is 0 Å².